The van der Waals surface area contributed by atoms with Crippen molar-refractivity contribution in [1.29, 1.82) is 0 Å². The first-order valence-corrected chi connectivity index (χ1v) is 9.35. The largest absolute Gasteiger partial charge is 0.354 e. The van der Waals surface area contributed by atoms with E-state index in [-0.39, 0.29) is 5.91 Å². The number of para-hydroxylation sites is 1. The maximum atomic E-state index is 12.8. The first-order valence-electron chi connectivity index (χ1n) is 9.35. The first kappa shape index (κ1) is 18.6. The number of hydrogen-bond acceptors (Lipinski definition) is 3. The van der Waals surface area contributed by atoms with Crippen molar-refractivity contribution >= 4 is 17.3 Å². The summed E-state index contributed by atoms with van der Waals surface area (Å²) in [6, 6.07) is 21.9. The molecule has 0 fully saturated rings. The predicted octanol–water partition coefficient (Wildman–Crippen LogP) is 5.05. The highest BCUT2D eigenvalue weighted by atomic mass is 16.2. The van der Waals surface area contributed by atoms with Gasteiger partial charge in [0.15, 0.2) is 0 Å². The molecule has 3 aromatic rings. The molecule has 0 saturated carbocycles. The molecular formula is C23H25N3O. The lowest BCUT2D eigenvalue weighted by atomic mass is 10.1. The zero-order valence-electron chi connectivity index (χ0n) is 15.9. The molecule has 0 aliphatic heterocycles. The Morgan fingerprint density at radius 3 is 2.37 bits per heavy atom. The third-order valence-corrected chi connectivity index (χ3v) is 4.55. The molecule has 0 aliphatic rings. The first-order chi connectivity index (χ1) is 13.2. The van der Waals surface area contributed by atoms with E-state index in [1.165, 1.54) is 5.56 Å². The van der Waals surface area contributed by atoms with Crippen molar-refractivity contribution in [3.63, 3.8) is 0 Å². The Balaban J connectivity index is 1.71. The molecule has 0 atom stereocenters. The van der Waals surface area contributed by atoms with Gasteiger partial charge in [0.2, 0.25) is 0 Å². The highest BCUT2D eigenvalue weighted by molar-refractivity contribution is 5.92. The zero-order chi connectivity index (χ0) is 19.1. The molecule has 1 amide bonds. The highest BCUT2D eigenvalue weighted by Gasteiger charge is 2.16. The molecule has 3 rings (SSSR count). The van der Waals surface area contributed by atoms with Crippen molar-refractivity contribution in [2.45, 2.75) is 26.8 Å². The molecule has 0 spiro atoms. The number of anilines is 2. The van der Waals surface area contributed by atoms with Gasteiger partial charge in [0.1, 0.15) is 5.69 Å². The maximum absolute atomic E-state index is 12.8. The molecule has 27 heavy (non-hydrogen) atoms. The minimum absolute atomic E-state index is 0.0538. The normalized spacial score (nSPS) is 10.4. The number of nitrogens with zero attached hydrogens (tertiary/aromatic N) is 2. The van der Waals surface area contributed by atoms with Gasteiger partial charge in [0.25, 0.3) is 5.91 Å². The van der Waals surface area contributed by atoms with E-state index in [1.54, 1.807) is 17.2 Å². The zero-order valence-corrected chi connectivity index (χ0v) is 15.9. The van der Waals surface area contributed by atoms with Crippen LogP contribution in [0.15, 0.2) is 72.9 Å². The van der Waals surface area contributed by atoms with E-state index < -0.39 is 0 Å². The number of nitrogens with one attached hydrogen (secondary N) is 1. The Morgan fingerprint density at radius 2 is 1.70 bits per heavy atom. The van der Waals surface area contributed by atoms with Gasteiger partial charge in [-0.05, 0) is 42.7 Å². The van der Waals surface area contributed by atoms with E-state index >= 15 is 0 Å². The lowest BCUT2D eigenvalue weighted by Crippen LogP contribution is -2.30. The molecule has 4 nitrogen and oxygen atoms in total. The Labute approximate surface area is 160 Å². The summed E-state index contributed by atoms with van der Waals surface area (Å²) in [5, 5.41) is 3.39. The van der Waals surface area contributed by atoms with Gasteiger partial charge in [-0.3, -0.25) is 4.79 Å². The molecule has 0 unspecified atom stereocenters. The number of benzene rings is 2. The fourth-order valence-electron chi connectivity index (χ4n) is 2.99. The average Bonchev–Trinajstić information content (AvgIpc) is 2.73. The van der Waals surface area contributed by atoms with Gasteiger partial charge in [0, 0.05) is 18.8 Å². The van der Waals surface area contributed by atoms with Crippen LogP contribution < -0.4 is 5.32 Å². The maximum Gasteiger partial charge on any atom is 0.272 e. The van der Waals surface area contributed by atoms with Crippen molar-refractivity contribution in [2.75, 3.05) is 11.9 Å². The number of carbonyl (C=O) groups excluding carboxylic acids is 1. The van der Waals surface area contributed by atoms with Crippen LogP contribution >= 0.6 is 0 Å². The molecular weight excluding hydrogens is 334 g/mol. The van der Waals surface area contributed by atoms with E-state index in [4.69, 9.17) is 0 Å². The Bertz CT molecular complexity index is 876. The number of amides is 1. The van der Waals surface area contributed by atoms with E-state index in [0.717, 1.165) is 23.4 Å². The van der Waals surface area contributed by atoms with Crippen LogP contribution in [0.1, 0.15) is 35.5 Å². The molecule has 1 heterocycles. The van der Waals surface area contributed by atoms with Crippen LogP contribution in [-0.2, 0) is 13.0 Å². The summed E-state index contributed by atoms with van der Waals surface area (Å²) in [5.74, 6) is -0.0538. The van der Waals surface area contributed by atoms with Crippen LogP contribution in [0, 0.1) is 0 Å². The fourth-order valence-corrected chi connectivity index (χ4v) is 2.99. The number of hydrogen-bond donors (Lipinski definition) is 1. The lowest BCUT2D eigenvalue weighted by molar-refractivity contribution is 0.0746. The molecule has 138 valence electrons. The Kier molecular flexibility index (Phi) is 6.21. The van der Waals surface area contributed by atoms with Gasteiger partial charge in [0.05, 0.1) is 11.9 Å². The van der Waals surface area contributed by atoms with E-state index in [0.29, 0.717) is 18.8 Å². The molecule has 4 heteroatoms. The topological polar surface area (TPSA) is 45.2 Å². The van der Waals surface area contributed by atoms with Crippen molar-refractivity contribution in [3.8, 4) is 0 Å². The van der Waals surface area contributed by atoms with Crippen LogP contribution in [0.3, 0.4) is 0 Å². The minimum Gasteiger partial charge on any atom is -0.354 e. The summed E-state index contributed by atoms with van der Waals surface area (Å²) < 4.78 is 0. The Morgan fingerprint density at radius 1 is 0.963 bits per heavy atom. The summed E-state index contributed by atoms with van der Waals surface area (Å²) in [6.07, 6.45) is 2.67. The van der Waals surface area contributed by atoms with Gasteiger partial charge < -0.3 is 10.2 Å². The van der Waals surface area contributed by atoms with E-state index in [1.807, 2.05) is 55.5 Å². The second kappa shape index (κ2) is 8.99. The molecule has 0 aliphatic carbocycles. The van der Waals surface area contributed by atoms with Gasteiger partial charge in [-0.1, -0.05) is 55.5 Å². The predicted molar refractivity (Wildman–Crippen MR) is 110 cm³/mol. The molecule has 1 aromatic heterocycles. The van der Waals surface area contributed by atoms with Crippen LogP contribution in [-0.4, -0.2) is 22.3 Å². The van der Waals surface area contributed by atoms with Gasteiger partial charge in [-0.2, -0.15) is 0 Å². The third kappa shape index (κ3) is 4.73. The number of aromatic nitrogens is 1. The third-order valence-electron chi connectivity index (χ3n) is 4.55. The molecule has 2 aromatic carbocycles. The van der Waals surface area contributed by atoms with Crippen LogP contribution in [0.2, 0.25) is 0 Å². The van der Waals surface area contributed by atoms with Crippen LogP contribution in [0.4, 0.5) is 11.4 Å². The fraction of sp³-hybridized carbons (Fsp3) is 0.217. The van der Waals surface area contributed by atoms with Crippen molar-refractivity contribution in [3.05, 3.63) is 89.7 Å². The molecule has 1 N–H and O–H groups in total. The molecule has 0 bridgehead atoms. The Hall–Kier alpha value is -3.14. The van der Waals surface area contributed by atoms with Crippen molar-refractivity contribution < 1.29 is 4.79 Å². The second-order valence-corrected chi connectivity index (χ2v) is 6.37. The number of carbonyl (C=O) groups is 1. The summed E-state index contributed by atoms with van der Waals surface area (Å²) in [4.78, 5) is 19.0. The number of aryl methyl sites for hydroxylation is 1. The average molecular weight is 359 g/mol. The number of rotatable bonds is 7. The number of pyridine rings is 1. The van der Waals surface area contributed by atoms with Crippen molar-refractivity contribution in [2.24, 2.45) is 0 Å². The monoisotopic (exact) mass is 359 g/mol. The van der Waals surface area contributed by atoms with Gasteiger partial charge in [-0.15, -0.1) is 0 Å². The highest BCUT2D eigenvalue weighted by Crippen LogP contribution is 2.21. The minimum atomic E-state index is -0.0538. The standard InChI is InChI=1S/C23H25N3O/c1-3-19-12-8-9-13-21(19)25-20-14-15-22(24-16-20)23(27)26(4-2)17-18-10-6-5-7-11-18/h5-16,25H,3-4,17H2,1-2H3. The SMILES string of the molecule is CCc1ccccc1Nc1ccc(C(=O)N(CC)Cc2ccccc2)nc1. The molecule has 0 radical (unpaired) electrons. The van der Waals surface area contributed by atoms with Crippen LogP contribution in [0.25, 0.3) is 0 Å². The van der Waals surface area contributed by atoms with Crippen LogP contribution in [0.5, 0.6) is 0 Å². The summed E-state index contributed by atoms with van der Waals surface area (Å²) in [6.45, 7) is 5.34. The second-order valence-electron chi connectivity index (χ2n) is 6.37. The van der Waals surface area contributed by atoms with Gasteiger partial charge in [-0.25, -0.2) is 4.98 Å². The summed E-state index contributed by atoms with van der Waals surface area (Å²) >= 11 is 0. The van der Waals surface area contributed by atoms with E-state index in [2.05, 4.69) is 29.4 Å². The quantitative estimate of drug-likeness (QED) is 0.642. The summed E-state index contributed by atoms with van der Waals surface area (Å²) in [5.41, 5.74) is 4.76. The summed E-state index contributed by atoms with van der Waals surface area (Å²) in [7, 11) is 0. The van der Waals surface area contributed by atoms with Crippen molar-refractivity contribution in [1.82, 2.24) is 9.88 Å². The molecule has 0 saturated heterocycles. The van der Waals surface area contributed by atoms with Gasteiger partial charge >= 0.3 is 0 Å². The lowest BCUT2D eigenvalue weighted by Gasteiger charge is -2.20. The smallest absolute Gasteiger partial charge is 0.272 e. The van der Waals surface area contributed by atoms with E-state index in [9.17, 15) is 4.79 Å².